The van der Waals surface area contributed by atoms with Gasteiger partial charge in [0.25, 0.3) is 0 Å². The van der Waals surface area contributed by atoms with Crippen LogP contribution in [0.2, 0.25) is 0 Å². The Hall–Kier alpha value is -2.18. The van der Waals surface area contributed by atoms with Gasteiger partial charge in [-0.3, -0.25) is 9.59 Å². The number of hydrogen-bond acceptors (Lipinski definition) is 6. The van der Waals surface area contributed by atoms with Crippen LogP contribution < -0.4 is 0 Å². The first-order valence-corrected chi connectivity index (χ1v) is 22.8. The van der Waals surface area contributed by atoms with Gasteiger partial charge in [0.15, 0.2) is 0 Å². The van der Waals surface area contributed by atoms with Crippen LogP contribution in [0.5, 0.6) is 0 Å². The van der Waals surface area contributed by atoms with Crippen LogP contribution in [0.25, 0.3) is 0 Å². The molecule has 0 aliphatic carbocycles. The Morgan fingerprint density at radius 3 is 1.13 bits per heavy atom. The first-order valence-electron chi connectivity index (χ1n) is 22.8. The average molecular weight is 757 g/mol. The second-order valence-electron chi connectivity index (χ2n) is 15.5. The molecule has 0 aliphatic heterocycles. The number of hydrogen-bond donors (Lipinski definition) is 0. The van der Waals surface area contributed by atoms with Crippen LogP contribution in [0.4, 0.5) is 0 Å². The van der Waals surface area contributed by atoms with Crippen molar-refractivity contribution in [3.05, 3.63) is 48.6 Å². The second kappa shape index (κ2) is 43.5. The number of unbranched alkanes of at least 4 members (excludes halogenated alkanes) is 18. The highest BCUT2D eigenvalue weighted by Gasteiger charge is 2.10. The average Bonchev–Trinajstić information content (AvgIpc) is 3.16. The molecule has 0 radical (unpaired) electrons. The van der Waals surface area contributed by atoms with Crippen LogP contribution in [-0.2, 0) is 19.1 Å². The highest BCUT2D eigenvalue weighted by molar-refractivity contribution is 5.69. The largest absolute Gasteiger partial charge is 0.466 e. The van der Waals surface area contributed by atoms with Crippen LogP contribution in [-0.4, -0.2) is 75.2 Å². The predicted molar refractivity (Wildman–Crippen MR) is 234 cm³/mol. The Kier molecular flexibility index (Phi) is 41.8. The van der Waals surface area contributed by atoms with Crippen LogP contribution in [0.3, 0.4) is 0 Å². The van der Waals surface area contributed by atoms with Gasteiger partial charge in [0.1, 0.15) is 0 Å². The summed E-state index contributed by atoms with van der Waals surface area (Å²) in [5.74, 6) is -0.171. The van der Waals surface area contributed by atoms with Crippen molar-refractivity contribution in [2.24, 2.45) is 0 Å². The topological polar surface area (TPSA) is 59.1 Å². The Bertz CT molecular complexity index is 858. The summed E-state index contributed by atoms with van der Waals surface area (Å²) in [6.07, 6.45) is 50.0. The van der Waals surface area contributed by atoms with E-state index in [-0.39, 0.29) is 11.9 Å². The maximum atomic E-state index is 12.3. The van der Waals surface area contributed by atoms with Gasteiger partial charge in [0.2, 0.25) is 0 Å². The Morgan fingerprint density at radius 2 is 0.759 bits per heavy atom. The van der Waals surface area contributed by atoms with Crippen molar-refractivity contribution in [3.63, 3.8) is 0 Å². The van der Waals surface area contributed by atoms with Gasteiger partial charge in [-0.1, -0.05) is 140 Å². The van der Waals surface area contributed by atoms with Crippen molar-refractivity contribution >= 4 is 11.9 Å². The van der Waals surface area contributed by atoms with E-state index in [0.717, 1.165) is 77.5 Å². The summed E-state index contributed by atoms with van der Waals surface area (Å²) in [5.41, 5.74) is 0. The second-order valence-corrected chi connectivity index (χ2v) is 15.5. The minimum Gasteiger partial charge on any atom is -0.466 e. The van der Waals surface area contributed by atoms with Crippen molar-refractivity contribution in [1.82, 2.24) is 9.80 Å². The van der Waals surface area contributed by atoms with Gasteiger partial charge >= 0.3 is 11.9 Å². The lowest BCUT2D eigenvalue weighted by Gasteiger charge is -2.23. The third-order valence-corrected chi connectivity index (χ3v) is 9.79. The fourth-order valence-electron chi connectivity index (χ4n) is 6.27. The number of esters is 2. The summed E-state index contributed by atoms with van der Waals surface area (Å²) in [5, 5.41) is 0. The summed E-state index contributed by atoms with van der Waals surface area (Å²) in [6.45, 7) is 9.14. The molecule has 0 saturated carbocycles. The quantitative estimate of drug-likeness (QED) is 0.0352. The number of carbonyl (C=O) groups is 2. The smallest absolute Gasteiger partial charge is 0.305 e. The first-order chi connectivity index (χ1) is 26.5. The van der Waals surface area contributed by atoms with Crippen molar-refractivity contribution in [1.29, 1.82) is 0 Å². The first kappa shape index (κ1) is 51.8. The molecule has 0 aromatic carbocycles. The van der Waals surface area contributed by atoms with Gasteiger partial charge in [-0.15, -0.1) is 0 Å². The van der Waals surface area contributed by atoms with E-state index in [1.54, 1.807) is 0 Å². The number of carbonyl (C=O) groups excluding carboxylic acids is 2. The van der Waals surface area contributed by atoms with Gasteiger partial charge < -0.3 is 19.3 Å². The molecule has 0 aromatic heterocycles. The molecule has 0 aromatic rings. The third kappa shape index (κ3) is 42.6. The van der Waals surface area contributed by atoms with E-state index in [9.17, 15) is 9.59 Å². The Morgan fingerprint density at radius 1 is 0.407 bits per heavy atom. The molecule has 0 bridgehead atoms. The van der Waals surface area contributed by atoms with E-state index >= 15 is 0 Å². The number of rotatable bonds is 41. The summed E-state index contributed by atoms with van der Waals surface area (Å²) in [6, 6.07) is 0. The van der Waals surface area contributed by atoms with Crippen LogP contribution in [0.1, 0.15) is 194 Å². The molecule has 54 heavy (non-hydrogen) atoms. The third-order valence-electron chi connectivity index (χ3n) is 9.79. The van der Waals surface area contributed by atoms with Crippen LogP contribution in [0, 0.1) is 0 Å². The fourth-order valence-corrected chi connectivity index (χ4v) is 6.27. The molecule has 0 aliphatic rings. The minimum absolute atomic E-state index is 0.0853. The van der Waals surface area contributed by atoms with Gasteiger partial charge in [-0.25, -0.2) is 0 Å². The Balaban J connectivity index is 3.80. The zero-order chi connectivity index (χ0) is 39.4. The molecule has 0 rings (SSSR count). The normalized spacial score (nSPS) is 12.2. The van der Waals surface area contributed by atoms with Crippen molar-refractivity contribution in [2.45, 2.75) is 194 Å². The van der Waals surface area contributed by atoms with Crippen molar-refractivity contribution in [2.75, 3.05) is 53.5 Å². The monoisotopic (exact) mass is 757 g/mol. The summed E-state index contributed by atoms with van der Waals surface area (Å²) >= 11 is 0. The van der Waals surface area contributed by atoms with E-state index < -0.39 is 0 Å². The fraction of sp³-hybridized carbons (Fsp3) is 0.792. The number of allylic oxidation sites excluding steroid dienone is 8. The number of ether oxygens (including phenoxy) is 2. The highest BCUT2D eigenvalue weighted by Crippen LogP contribution is 2.11. The maximum absolute atomic E-state index is 12.3. The van der Waals surface area contributed by atoms with E-state index in [1.165, 1.54) is 116 Å². The van der Waals surface area contributed by atoms with E-state index in [4.69, 9.17) is 9.47 Å². The Labute approximate surface area is 335 Å². The van der Waals surface area contributed by atoms with Crippen molar-refractivity contribution < 1.29 is 19.1 Å². The van der Waals surface area contributed by atoms with Gasteiger partial charge in [0, 0.05) is 25.9 Å². The standard InChI is InChI=1S/C48H88N2O4/c1-5-7-9-11-13-15-17-19-21-23-25-27-29-31-33-35-45-53-47(51)39-37-41-50(44-43-49(3)4)42-38-40-48(52)54-46-36-34-32-30-28-26-24-22-20-18-16-14-12-10-8-6-2/h13-16,19-22H,5-12,17-18,23-46H2,1-4H3/b15-13-,16-14-,21-19-,22-20-. The molecule has 0 saturated heterocycles. The van der Waals surface area contributed by atoms with E-state index in [1.807, 2.05) is 0 Å². The molecule has 0 heterocycles. The molecule has 0 N–H and O–H groups in total. The molecule has 314 valence electrons. The maximum Gasteiger partial charge on any atom is 0.305 e. The number of likely N-dealkylation sites (N-methyl/N-ethyl adjacent to an activating group) is 1. The van der Waals surface area contributed by atoms with Gasteiger partial charge in [-0.2, -0.15) is 0 Å². The summed E-state index contributed by atoms with van der Waals surface area (Å²) < 4.78 is 11.0. The number of nitrogens with zero attached hydrogens (tertiary/aromatic N) is 2. The predicted octanol–water partition coefficient (Wildman–Crippen LogP) is 13.1. The molecular formula is C48H88N2O4. The minimum atomic E-state index is -0.0853. The molecule has 0 spiro atoms. The zero-order valence-electron chi connectivity index (χ0n) is 36.2. The molecule has 0 atom stereocenters. The lowest BCUT2D eigenvalue weighted by molar-refractivity contribution is -0.144. The summed E-state index contributed by atoms with van der Waals surface area (Å²) in [7, 11) is 4.16. The van der Waals surface area contributed by atoms with E-state index in [0.29, 0.717) is 26.1 Å². The van der Waals surface area contributed by atoms with Gasteiger partial charge in [-0.05, 0) is 117 Å². The molecular weight excluding hydrogens is 669 g/mol. The zero-order valence-corrected chi connectivity index (χ0v) is 36.2. The van der Waals surface area contributed by atoms with Crippen LogP contribution >= 0.6 is 0 Å². The lowest BCUT2D eigenvalue weighted by atomic mass is 10.1. The molecule has 0 amide bonds. The van der Waals surface area contributed by atoms with Gasteiger partial charge in [0.05, 0.1) is 13.2 Å². The van der Waals surface area contributed by atoms with Crippen LogP contribution in [0.15, 0.2) is 48.6 Å². The molecule has 0 fully saturated rings. The van der Waals surface area contributed by atoms with Crippen molar-refractivity contribution in [3.8, 4) is 0 Å². The lowest BCUT2D eigenvalue weighted by Crippen LogP contribution is -2.33. The SMILES string of the molecule is CCCCC/C=C\C/C=C\CCCCCCCCOC(=O)CCCN(CCCC(=O)OCCCCCCCC/C=C\C/C=C\CCCCC)CCN(C)C. The van der Waals surface area contributed by atoms with E-state index in [2.05, 4.69) is 86.4 Å². The molecule has 0 unspecified atom stereocenters. The highest BCUT2D eigenvalue weighted by atomic mass is 16.5. The molecule has 6 heteroatoms. The summed E-state index contributed by atoms with van der Waals surface area (Å²) in [4.78, 5) is 29.2. The molecule has 6 nitrogen and oxygen atoms in total.